The van der Waals surface area contributed by atoms with Crippen LogP contribution in [0.3, 0.4) is 0 Å². The van der Waals surface area contributed by atoms with Crippen LogP contribution in [0.2, 0.25) is 5.02 Å². The smallest absolute Gasteiger partial charge is 0.251 e. The van der Waals surface area contributed by atoms with Gasteiger partial charge in [0.05, 0.1) is 11.8 Å². The number of amides is 2. The molecule has 1 aromatic heterocycles. The Morgan fingerprint density at radius 1 is 1.25 bits per heavy atom. The second kappa shape index (κ2) is 11.5. The van der Waals surface area contributed by atoms with Crippen LogP contribution in [0.4, 0.5) is 5.69 Å². The average Bonchev–Trinajstić information content (AvgIpc) is 3.17. The predicted molar refractivity (Wildman–Crippen MR) is 136 cm³/mol. The van der Waals surface area contributed by atoms with E-state index in [4.69, 9.17) is 11.6 Å². The van der Waals surface area contributed by atoms with E-state index in [-0.39, 0.29) is 17.6 Å². The Morgan fingerprint density at radius 2 is 2.00 bits per heavy atom. The number of hydrogen-bond acceptors (Lipinski definition) is 5. The van der Waals surface area contributed by atoms with Crippen molar-refractivity contribution in [1.29, 1.82) is 0 Å². The van der Waals surface area contributed by atoms with Crippen molar-refractivity contribution in [2.24, 2.45) is 0 Å². The van der Waals surface area contributed by atoms with Crippen molar-refractivity contribution in [2.45, 2.75) is 24.7 Å². The van der Waals surface area contributed by atoms with Crippen LogP contribution in [0.15, 0.2) is 66.3 Å². The Labute approximate surface area is 209 Å². The van der Waals surface area contributed by atoms with Gasteiger partial charge in [-0.05, 0) is 72.0 Å². The molecule has 10 heteroatoms. The Kier molecular flexibility index (Phi) is 8.71. The molecule has 0 aliphatic heterocycles. The summed E-state index contributed by atoms with van der Waals surface area (Å²) < 4.78 is 2.93. The highest BCUT2D eigenvalue weighted by Gasteiger charge is 2.20. The van der Waals surface area contributed by atoms with Gasteiger partial charge in [-0.3, -0.25) is 9.59 Å². The number of hydrogen-bond donors (Lipinski definition) is 2. The number of carbonyl (C=O) groups is 2. The summed E-state index contributed by atoms with van der Waals surface area (Å²) in [6.45, 7) is 6.05. The molecule has 1 heterocycles. The highest BCUT2D eigenvalue weighted by molar-refractivity contribution is 14.1. The molecule has 7 nitrogen and oxygen atoms in total. The number of halogens is 2. The maximum absolute atomic E-state index is 12.6. The Bertz CT molecular complexity index is 1120. The Hall–Kier alpha value is -2.37. The normalized spacial score (nSPS) is 11.6. The van der Waals surface area contributed by atoms with Crippen molar-refractivity contribution in [3.05, 3.63) is 81.2 Å². The molecule has 3 aromatic rings. The first-order valence-electron chi connectivity index (χ1n) is 9.66. The minimum Gasteiger partial charge on any atom is -0.342 e. The first kappa shape index (κ1) is 24.3. The van der Waals surface area contributed by atoms with Gasteiger partial charge >= 0.3 is 0 Å². The Morgan fingerprint density at radius 3 is 2.69 bits per heavy atom. The third-order valence-electron chi connectivity index (χ3n) is 4.34. The van der Waals surface area contributed by atoms with Gasteiger partial charge in [0, 0.05) is 26.4 Å². The molecule has 0 aliphatic carbocycles. The number of aromatic nitrogens is 3. The van der Waals surface area contributed by atoms with Crippen molar-refractivity contribution in [2.75, 3.05) is 11.1 Å². The second-order valence-electron chi connectivity index (χ2n) is 6.79. The van der Waals surface area contributed by atoms with E-state index in [1.165, 1.54) is 11.8 Å². The first-order valence-corrected chi connectivity index (χ1v) is 12.1. The monoisotopic (exact) mass is 581 g/mol. The summed E-state index contributed by atoms with van der Waals surface area (Å²) in [5, 5.41) is 15.3. The number of rotatable bonds is 9. The molecule has 0 bridgehead atoms. The van der Waals surface area contributed by atoms with Crippen molar-refractivity contribution < 1.29 is 9.59 Å². The van der Waals surface area contributed by atoms with Crippen LogP contribution in [-0.2, 0) is 11.3 Å². The van der Waals surface area contributed by atoms with Gasteiger partial charge < -0.3 is 15.2 Å². The fourth-order valence-corrected chi connectivity index (χ4v) is 4.17. The van der Waals surface area contributed by atoms with Gasteiger partial charge in [-0.1, -0.05) is 35.5 Å². The van der Waals surface area contributed by atoms with Crippen LogP contribution in [0.25, 0.3) is 0 Å². The fourth-order valence-electron chi connectivity index (χ4n) is 2.86. The quantitative estimate of drug-likeness (QED) is 0.212. The molecule has 0 aliphatic rings. The molecule has 2 N–H and O–H groups in total. The van der Waals surface area contributed by atoms with E-state index in [2.05, 4.69) is 50.0 Å². The van der Waals surface area contributed by atoms with Crippen molar-refractivity contribution >= 4 is 63.5 Å². The van der Waals surface area contributed by atoms with E-state index >= 15 is 0 Å². The summed E-state index contributed by atoms with van der Waals surface area (Å²) in [5.41, 5.74) is 1.20. The molecule has 0 fully saturated rings. The number of thioether (sulfide) groups is 1. The molecular weight excluding hydrogens is 561 g/mol. The van der Waals surface area contributed by atoms with E-state index in [0.717, 1.165) is 9.26 Å². The highest BCUT2D eigenvalue weighted by atomic mass is 127. The van der Waals surface area contributed by atoms with E-state index in [9.17, 15) is 9.59 Å². The van der Waals surface area contributed by atoms with Crippen LogP contribution < -0.4 is 10.6 Å². The lowest BCUT2D eigenvalue weighted by Crippen LogP contribution is -2.28. The van der Waals surface area contributed by atoms with Gasteiger partial charge in [-0.2, -0.15) is 0 Å². The van der Waals surface area contributed by atoms with Gasteiger partial charge in [0.15, 0.2) is 11.0 Å². The van der Waals surface area contributed by atoms with Crippen molar-refractivity contribution in [3.8, 4) is 0 Å². The zero-order valence-electron chi connectivity index (χ0n) is 17.2. The largest absolute Gasteiger partial charge is 0.342 e. The lowest BCUT2D eigenvalue weighted by Gasteiger charge is -2.15. The highest BCUT2D eigenvalue weighted by Crippen LogP contribution is 2.22. The molecule has 2 amide bonds. The summed E-state index contributed by atoms with van der Waals surface area (Å²) >= 11 is 9.46. The van der Waals surface area contributed by atoms with Crippen LogP contribution >= 0.6 is 46.0 Å². The van der Waals surface area contributed by atoms with Crippen molar-refractivity contribution in [1.82, 2.24) is 20.1 Å². The Balaban J connectivity index is 1.66. The number of allylic oxidation sites excluding steroid dienone is 1. The minimum atomic E-state index is -0.413. The van der Waals surface area contributed by atoms with E-state index < -0.39 is 6.04 Å². The molecule has 2 aromatic carbocycles. The molecule has 0 radical (unpaired) electrons. The number of nitrogens with one attached hydrogen (secondary N) is 2. The van der Waals surface area contributed by atoms with Crippen LogP contribution in [-0.4, -0.2) is 32.3 Å². The maximum atomic E-state index is 12.6. The molecule has 166 valence electrons. The second-order valence-corrected chi connectivity index (χ2v) is 9.41. The third-order valence-corrected chi connectivity index (χ3v) is 6.26. The zero-order valence-corrected chi connectivity index (χ0v) is 20.9. The van der Waals surface area contributed by atoms with Gasteiger partial charge in [0.25, 0.3) is 5.91 Å². The molecule has 0 saturated heterocycles. The SMILES string of the molecule is C=CCn1c(SCC(=O)Nc2ccc(I)cc2)nnc1C(C)NC(=O)c1cccc(Cl)c1. The zero-order chi connectivity index (χ0) is 23.1. The minimum absolute atomic E-state index is 0.145. The number of anilines is 1. The lowest BCUT2D eigenvalue weighted by molar-refractivity contribution is -0.113. The summed E-state index contributed by atoms with van der Waals surface area (Å²) in [6, 6.07) is 13.9. The summed E-state index contributed by atoms with van der Waals surface area (Å²) in [7, 11) is 0. The molecule has 1 atom stereocenters. The average molecular weight is 582 g/mol. The topological polar surface area (TPSA) is 88.9 Å². The summed E-state index contributed by atoms with van der Waals surface area (Å²) in [6.07, 6.45) is 1.72. The molecule has 0 saturated carbocycles. The van der Waals surface area contributed by atoms with Gasteiger partial charge in [-0.15, -0.1) is 16.8 Å². The van der Waals surface area contributed by atoms with Crippen LogP contribution in [0.5, 0.6) is 0 Å². The third kappa shape index (κ3) is 6.57. The van der Waals surface area contributed by atoms with Crippen LogP contribution in [0.1, 0.15) is 29.1 Å². The summed E-state index contributed by atoms with van der Waals surface area (Å²) in [5.74, 6) is 0.332. The van der Waals surface area contributed by atoms with Crippen molar-refractivity contribution in [3.63, 3.8) is 0 Å². The van der Waals surface area contributed by atoms with E-state index in [0.29, 0.717) is 28.1 Å². The van der Waals surface area contributed by atoms with Gasteiger partial charge in [0.1, 0.15) is 0 Å². The van der Waals surface area contributed by atoms with E-state index in [1.807, 2.05) is 35.8 Å². The fraction of sp³-hybridized carbons (Fsp3) is 0.182. The molecule has 1 unspecified atom stereocenters. The first-order chi connectivity index (χ1) is 15.4. The molecule has 32 heavy (non-hydrogen) atoms. The standard InChI is InChI=1S/C22H21ClIN5O2S/c1-3-11-29-20(14(2)25-21(31)15-5-4-6-16(23)12-15)27-28-22(29)32-13-19(30)26-18-9-7-17(24)8-10-18/h3-10,12,14H,1,11,13H2,2H3,(H,25,31)(H,26,30). The van der Waals surface area contributed by atoms with Gasteiger partial charge in [0.2, 0.25) is 5.91 Å². The molecule has 0 spiro atoms. The molecular formula is C22H21ClIN5O2S. The summed E-state index contributed by atoms with van der Waals surface area (Å²) in [4.78, 5) is 24.9. The maximum Gasteiger partial charge on any atom is 0.251 e. The van der Waals surface area contributed by atoms with Gasteiger partial charge in [-0.25, -0.2) is 0 Å². The predicted octanol–water partition coefficient (Wildman–Crippen LogP) is 4.94. The number of benzene rings is 2. The van der Waals surface area contributed by atoms with E-state index in [1.54, 1.807) is 30.3 Å². The number of nitrogens with zero attached hydrogens (tertiary/aromatic N) is 3. The molecule has 3 rings (SSSR count). The van der Waals surface area contributed by atoms with Crippen LogP contribution in [0, 0.1) is 3.57 Å². The number of carbonyl (C=O) groups excluding carboxylic acids is 2. The lowest BCUT2D eigenvalue weighted by atomic mass is 10.2.